The van der Waals surface area contributed by atoms with Crippen molar-refractivity contribution in [3.63, 3.8) is 0 Å². The van der Waals surface area contributed by atoms with E-state index in [0.717, 1.165) is 5.56 Å². The van der Waals surface area contributed by atoms with E-state index in [9.17, 15) is 5.21 Å². The van der Waals surface area contributed by atoms with Crippen LogP contribution in [-0.2, 0) is 6.54 Å². The molecule has 0 radical (unpaired) electrons. The third-order valence-corrected chi connectivity index (χ3v) is 1.91. The van der Waals surface area contributed by atoms with Crippen molar-refractivity contribution in [2.75, 3.05) is 13.1 Å². The van der Waals surface area contributed by atoms with Gasteiger partial charge in [0.1, 0.15) is 6.54 Å². The molecule has 0 bridgehead atoms. The summed E-state index contributed by atoms with van der Waals surface area (Å²) in [6.45, 7) is 1.02. The lowest BCUT2D eigenvalue weighted by atomic mass is 10.2. The van der Waals surface area contributed by atoms with E-state index in [0.29, 0.717) is 19.6 Å². The summed E-state index contributed by atoms with van der Waals surface area (Å²) < 4.78 is 0. The molecule has 0 atom stereocenters. The van der Waals surface area contributed by atoms with E-state index in [-0.39, 0.29) is 4.97 Å². The SMILES string of the molecule is NCCN(Cc1ccccc1)/[N+]([O-])=N/O. The first kappa shape index (κ1) is 11.3. The second kappa shape index (κ2) is 5.82. The fourth-order valence-corrected chi connectivity index (χ4v) is 1.22. The molecule has 0 aromatic heterocycles. The summed E-state index contributed by atoms with van der Waals surface area (Å²) in [4.78, 5) is 0.139. The molecule has 0 aliphatic heterocycles. The Balaban J connectivity index is 2.67. The van der Waals surface area contributed by atoms with Crippen molar-refractivity contribution in [2.24, 2.45) is 11.0 Å². The molecule has 0 amide bonds. The summed E-state index contributed by atoms with van der Waals surface area (Å²) in [5.41, 5.74) is 6.30. The lowest BCUT2D eigenvalue weighted by Crippen LogP contribution is -2.34. The smallest absolute Gasteiger partial charge is 0.230 e. The van der Waals surface area contributed by atoms with Crippen LogP contribution in [0.3, 0.4) is 0 Å². The predicted octanol–water partition coefficient (Wildman–Crippen LogP) is 0.714. The first-order valence-electron chi connectivity index (χ1n) is 4.59. The molecule has 0 spiro atoms. The van der Waals surface area contributed by atoms with Crippen LogP contribution in [0.15, 0.2) is 35.6 Å². The molecule has 0 heterocycles. The molecule has 6 nitrogen and oxygen atoms in total. The first-order chi connectivity index (χ1) is 7.27. The topological polar surface area (TPSA) is 87.9 Å². The van der Waals surface area contributed by atoms with Crippen LogP contribution in [0.5, 0.6) is 0 Å². The second-order valence-corrected chi connectivity index (χ2v) is 3.00. The average molecular weight is 210 g/mol. The zero-order valence-electron chi connectivity index (χ0n) is 8.28. The molecule has 3 N–H and O–H groups in total. The molecular formula is C9H14N4O2. The summed E-state index contributed by atoms with van der Waals surface area (Å²) in [5.74, 6) is 0. The molecule has 6 heteroatoms. The van der Waals surface area contributed by atoms with Gasteiger partial charge in [0, 0.05) is 6.54 Å². The van der Waals surface area contributed by atoms with Gasteiger partial charge in [0.2, 0.25) is 5.28 Å². The Morgan fingerprint density at radius 3 is 2.60 bits per heavy atom. The lowest BCUT2D eigenvalue weighted by molar-refractivity contribution is -0.712. The highest BCUT2D eigenvalue weighted by molar-refractivity contribution is 5.13. The quantitative estimate of drug-likeness (QED) is 0.425. The Hall–Kier alpha value is -1.82. The van der Waals surface area contributed by atoms with E-state index in [1.54, 1.807) is 0 Å². The Morgan fingerprint density at radius 2 is 2.07 bits per heavy atom. The second-order valence-electron chi connectivity index (χ2n) is 3.00. The van der Waals surface area contributed by atoms with E-state index < -0.39 is 0 Å². The Bertz CT molecular complexity index is 315. The van der Waals surface area contributed by atoms with Gasteiger partial charge in [-0.05, 0) is 5.56 Å². The molecule has 0 fully saturated rings. The fraction of sp³-hybridized carbons (Fsp3) is 0.333. The van der Waals surface area contributed by atoms with E-state index in [2.05, 4.69) is 5.28 Å². The molecule has 0 aliphatic rings. The number of rotatable bonds is 5. The van der Waals surface area contributed by atoms with Gasteiger partial charge in [-0.1, -0.05) is 30.3 Å². The van der Waals surface area contributed by atoms with Crippen LogP contribution in [-0.4, -0.2) is 28.3 Å². The third kappa shape index (κ3) is 3.43. The lowest BCUT2D eigenvalue weighted by Gasteiger charge is -2.16. The number of nitrogens with zero attached hydrogens (tertiary/aromatic N) is 3. The van der Waals surface area contributed by atoms with Gasteiger partial charge in [0.05, 0.1) is 11.5 Å². The molecule has 15 heavy (non-hydrogen) atoms. The zero-order chi connectivity index (χ0) is 11.1. The normalized spacial score (nSPS) is 11.4. The van der Waals surface area contributed by atoms with Gasteiger partial charge in [0.25, 0.3) is 0 Å². The minimum absolute atomic E-state index is 0.139. The summed E-state index contributed by atoms with van der Waals surface area (Å²) in [6, 6.07) is 9.41. The highest BCUT2D eigenvalue weighted by Crippen LogP contribution is 2.03. The minimum atomic E-state index is 0.139. The zero-order valence-corrected chi connectivity index (χ0v) is 8.28. The van der Waals surface area contributed by atoms with Crippen LogP contribution in [0.1, 0.15) is 5.56 Å². The summed E-state index contributed by atoms with van der Waals surface area (Å²) in [5, 5.41) is 23.3. The van der Waals surface area contributed by atoms with Crippen molar-refractivity contribution in [1.29, 1.82) is 0 Å². The van der Waals surface area contributed by atoms with E-state index in [1.165, 1.54) is 5.01 Å². The van der Waals surface area contributed by atoms with Gasteiger partial charge >= 0.3 is 0 Å². The Labute approximate surface area is 87.7 Å². The number of hydrogen-bond donors (Lipinski definition) is 2. The van der Waals surface area contributed by atoms with Gasteiger partial charge in [0.15, 0.2) is 0 Å². The summed E-state index contributed by atoms with van der Waals surface area (Å²) in [7, 11) is 0. The monoisotopic (exact) mass is 210 g/mol. The first-order valence-corrected chi connectivity index (χ1v) is 4.59. The van der Waals surface area contributed by atoms with Crippen molar-refractivity contribution >= 4 is 0 Å². The number of hydrogen-bond acceptors (Lipinski definition) is 3. The van der Waals surface area contributed by atoms with Crippen LogP contribution in [0, 0.1) is 5.21 Å². The van der Waals surface area contributed by atoms with E-state index >= 15 is 0 Å². The molecule has 1 rings (SSSR count). The predicted molar refractivity (Wildman–Crippen MR) is 53.7 cm³/mol. The fourth-order valence-electron chi connectivity index (χ4n) is 1.22. The molecule has 0 unspecified atom stereocenters. The highest BCUT2D eigenvalue weighted by atomic mass is 16.6. The summed E-state index contributed by atoms with van der Waals surface area (Å²) in [6.07, 6.45) is 0. The molecular weight excluding hydrogens is 196 g/mol. The maximum atomic E-state index is 11.1. The molecule has 82 valence electrons. The maximum Gasteiger partial charge on any atom is 0.230 e. The summed E-state index contributed by atoms with van der Waals surface area (Å²) >= 11 is 0. The van der Waals surface area contributed by atoms with Crippen molar-refractivity contribution in [1.82, 2.24) is 5.01 Å². The maximum absolute atomic E-state index is 11.1. The van der Waals surface area contributed by atoms with Gasteiger partial charge in [-0.3, -0.25) is 0 Å². The minimum Gasteiger partial charge on any atom is -0.569 e. The van der Waals surface area contributed by atoms with E-state index in [4.69, 9.17) is 10.9 Å². The van der Waals surface area contributed by atoms with Crippen molar-refractivity contribution in [3.05, 3.63) is 41.1 Å². The number of nitrogens with two attached hydrogens (primary N) is 1. The van der Waals surface area contributed by atoms with Crippen molar-refractivity contribution in [3.8, 4) is 0 Å². The standard InChI is InChI=1S/C9H14N4O2/c10-6-7-12(13(15)11-14)8-9-4-2-1-3-5-9/h1-5,14H,6-8,10H2/b13-11-. The van der Waals surface area contributed by atoms with Crippen LogP contribution < -0.4 is 5.73 Å². The van der Waals surface area contributed by atoms with Crippen LogP contribution >= 0.6 is 0 Å². The van der Waals surface area contributed by atoms with E-state index in [1.807, 2.05) is 30.3 Å². The molecule has 1 aromatic carbocycles. The van der Waals surface area contributed by atoms with Crippen molar-refractivity contribution < 1.29 is 10.2 Å². The Morgan fingerprint density at radius 1 is 1.40 bits per heavy atom. The Kier molecular flexibility index (Phi) is 4.36. The average Bonchev–Trinajstić information content (AvgIpc) is 2.29. The molecule has 0 aliphatic carbocycles. The van der Waals surface area contributed by atoms with Crippen LogP contribution in [0.4, 0.5) is 0 Å². The largest absolute Gasteiger partial charge is 0.569 e. The highest BCUT2D eigenvalue weighted by Gasteiger charge is 2.11. The molecule has 1 aromatic rings. The van der Waals surface area contributed by atoms with Gasteiger partial charge in [-0.2, -0.15) is 0 Å². The number of hydrazine groups is 1. The molecule has 0 saturated carbocycles. The van der Waals surface area contributed by atoms with Crippen LogP contribution in [0.2, 0.25) is 0 Å². The van der Waals surface area contributed by atoms with Gasteiger partial charge in [-0.15, -0.1) is 5.01 Å². The van der Waals surface area contributed by atoms with Crippen LogP contribution in [0.25, 0.3) is 0 Å². The van der Waals surface area contributed by atoms with Gasteiger partial charge in [-0.25, -0.2) is 0 Å². The van der Waals surface area contributed by atoms with Gasteiger partial charge < -0.3 is 16.1 Å². The molecule has 0 saturated heterocycles. The van der Waals surface area contributed by atoms with Crippen molar-refractivity contribution in [2.45, 2.75) is 6.54 Å². The third-order valence-electron chi connectivity index (χ3n) is 1.91. The number of benzene rings is 1.